The van der Waals surface area contributed by atoms with Crippen molar-refractivity contribution in [1.82, 2.24) is 9.62 Å². The molecule has 4 rings (SSSR count). The molecule has 0 spiro atoms. The molecular weight excluding hydrogens is 415 g/mol. The lowest BCUT2D eigenvalue weighted by atomic mass is 9.95. The van der Waals surface area contributed by atoms with Crippen LogP contribution in [0.4, 0.5) is 4.39 Å². The van der Waals surface area contributed by atoms with Gasteiger partial charge in [0, 0.05) is 13.1 Å². The Morgan fingerprint density at radius 3 is 2.29 bits per heavy atom. The zero-order valence-corrected chi connectivity index (χ0v) is 17.7. The van der Waals surface area contributed by atoms with Crippen LogP contribution in [0.2, 0.25) is 0 Å². The van der Waals surface area contributed by atoms with E-state index < -0.39 is 21.9 Å². The van der Waals surface area contributed by atoms with Gasteiger partial charge < -0.3 is 5.32 Å². The highest BCUT2D eigenvalue weighted by Crippen LogP contribution is 2.29. The molecule has 0 aromatic heterocycles. The van der Waals surface area contributed by atoms with Crippen molar-refractivity contribution in [3.8, 4) is 0 Å². The van der Waals surface area contributed by atoms with Crippen LogP contribution in [0.15, 0.2) is 83.8 Å². The van der Waals surface area contributed by atoms with E-state index in [9.17, 15) is 17.6 Å². The predicted molar refractivity (Wildman–Crippen MR) is 116 cm³/mol. The lowest BCUT2D eigenvalue weighted by molar-refractivity contribution is -0.125. The Kier molecular flexibility index (Phi) is 6.15. The van der Waals surface area contributed by atoms with E-state index >= 15 is 0 Å². The Morgan fingerprint density at radius 2 is 1.58 bits per heavy atom. The fraction of sp³-hybridized carbons (Fsp3) is 0.208. The van der Waals surface area contributed by atoms with Crippen LogP contribution in [0.25, 0.3) is 0 Å². The first kappa shape index (κ1) is 21.2. The van der Waals surface area contributed by atoms with Gasteiger partial charge in [0.2, 0.25) is 15.9 Å². The summed E-state index contributed by atoms with van der Waals surface area (Å²) in [6, 6.07) is 21.1. The zero-order valence-electron chi connectivity index (χ0n) is 16.9. The summed E-state index contributed by atoms with van der Waals surface area (Å²) in [6.07, 6.45) is 0.939. The topological polar surface area (TPSA) is 66.5 Å². The number of nitrogens with one attached hydrogen (secondary N) is 1. The van der Waals surface area contributed by atoms with Gasteiger partial charge in [0.15, 0.2) is 0 Å². The van der Waals surface area contributed by atoms with E-state index in [0.717, 1.165) is 28.8 Å². The number of benzene rings is 3. The van der Waals surface area contributed by atoms with Gasteiger partial charge in [-0.25, -0.2) is 12.8 Å². The third kappa shape index (κ3) is 4.68. The second kappa shape index (κ2) is 8.99. The number of hydrogen-bond acceptors (Lipinski definition) is 3. The first-order valence-electron chi connectivity index (χ1n) is 10.1. The Morgan fingerprint density at radius 1 is 0.935 bits per heavy atom. The molecule has 1 heterocycles. The van der Waals surface area contributed by atoms with E-state index in [2.05, 4.69) is 5.32 Å². The van der Waals surface area contributed by atoms with E-state index in [0.29, 0.717) is 13.0 Å². The molecule has 3 aromatic carbocycles. The highest BCUT2D eigenvalue weighted by atomic mass is 32.2. The van der Waals surface area contributed by atoms with Crippen molar-refractivity contribution in [2.45, 2.75) is 30.3 Å². The number of hydrogen-bond donors (Lipinski definition) is 1. The van der Waals surface area contributed by atoms with Gasteiger partial charge in [-0.05, 0) is 53.8 Å². The van der Waals surface area contributed by atoms with Gasteiger partial charge in [0.25, 0.3) is 0 Å². The Hall–Kier alpha value is -3.03. The molecule has 1 aliphatic heterocycles. The minimum Gasteiger partial charge on any atom is -0.354 e. The van der Waals surface area contributed by atoms with Crippen molar-refractivity contribution in [3.63, 3.8) is 0 Å². The van der Waals surface area contributed by atoms with Gasteiger partial charge in [-0.3, -0.25) is 4.79 Å². The number of rotatable bonds is 6. The molecule has 0 bridgehead atoms. The highest BCUT2D eigenvalue weighted by Gasteiger charge is 2.39. The molecule has 1 aliphatic rings. The largest absolute Gasteiger partial charge is 0.354 e. The minimum atomic E-state index is -3.99. The summed E-state index contributed by atoms with van der Waals surface area (Å²) in [7, 11) is -3.99. The van der Waals surface area contributed by atoms with Crippen LogP contribution in [0.3, 0.4) is 0 Å². The van der Waals surface area contributed by atoms with Gasteiger partial charge in [-0.15, -0.1) is 0 Å². The summed E-state index contributed by atoms with van der Waals surface area (Å²) in [5.41, 5.74) is 2.91. The van der Waals surface area contributed by atoms with Crippen LogP contribution in [0.1, 0.15) is 16.7 Å². The van der Waals surface area contributed by atoms with E-state index in [4.69, 9.17) is 0 Å². The molecule has 0 aliphatic carbocycles. The molecule has 0 saturated heterocycles. The smallest absolute Gasteiger partial charge is 0.244 e. The fourth-order valence-electron chi connectivity index (χ4n) is 3.81. The lowest BCUT2D eigenvalue weighted by Gasteiger charge is -2.35. The van der Waals surface area contributed by atoms with E-state index in [-0.39, 0.29) is 23.8 Å². The van der Waals surface area contributed by atoms with Crippen molar-refractivity contribution < 1.29 is 17.6 Å². The SMILES string of the molecule is O=C(NCCc1ccccc1)C1Cc2ccccc2CN1S(=O)(=O)c1ccc(F)cc1. The van der Waals surface area contributed by atoms with Gasteiger partial charge in [-0.2, -0.15) is 4.31 Å². The summed E-state index contributed by atoms with van der Waals surface area (Å²) in [5.74, 6) is -0.853. The second-order valence-electron chi connectivity index (χ2n) is 7.52. The molecule has 3 aromatic rings. The normalized spacial score (nSPS) is 16.5. The standard InChI is InChI=1S/C24H23FN2O3S/c25-21-10-12-22(13-11-21)31(29,30)27-17-20-9-5-4-8-19(20)16-23(27)24(28)26-15-14-18-6-2-1-3-7-18/h1-13,23H,14-17H2,(H,26,28). The van der Waals surface area contributed by atoms with Crippen LogP contribution in [-0.4, -0.2) is 31.2 Å². The van der Waals surface area contributed by atoms with Gasteiger partial charge in [-0.1, -0.05) is 54.6 Å². The van der Waals surface area contributed by atoms with E-state index in [1.807, 2.05) is 54.6 Å². The van der Waals surface area contributed by atoms with Crippen molar-refractivity contribution in [1.29, 1.82) is 0 Å². The first-order valence-corrected chi connectivity index (χ1v) is 11.5. The molecule has 1 amide bonds. The summed E-state index contributed by atoms with van der Waals surface area (Å²) in [5, 5.41) is 2.89. The number of amides is 1. The van der Waals surface area contributed by atoms with Crippen LogP contribution in [0.5, 0.6) is 0 Å². The number of nitrogens with zero attached hydrogens (tertiary/aromatic N) is 1. The molecule has 1 unspecified atom stereocenters. The third-order valence-electron chi connectivity index (χ3n) is 5.48. The van der Waals surface area contributed by atoms with Crippen molar-refractivity contribution in [2.75, 3.05) is 6.54 Å². The number of carbonyl (C=O) groups is 1. The van der Waals surface area contributed by atoms with Crippen LogP contribution < -0.4 is 5.32 Å². The van der Waals surface area contributed by atoms with Crippen molar-refractivity contribution in [3.05, 3.63) is 101 Å². The number of sulfonamides is 1. The second-order valence-corrected chi connectivity index (χ2v) is 9.41. The quantitative estimate of drug-likeness (QED) is 0.642. The Bertz CT molecular complexity index is 1160. The van der Waals surface area contributed by atoms with Crippen molar-refractivity contribution in [2.24, 2.45) is 0 Å². The molecule has 1 N–H and O–H groups in total. The molecule has 1 atom stereocenters. The van der Waals surface area contributed by atoms with Gasteiger partial charge in [0.05, 0.1) is 4.90 Å². The summed E-state index contributed by atoms with van der Waals surface area (Å²) in [6.45, 7) is 0.498. The summed E-state index contributed by atoms with van der Waals surface area (Å²) < 4.78 is 41.2. The first-order chi connectivity index (χ1) is 14.9. The minimum absolute atomic E-state index is 0.0321. The van der Waals surface area contributed by atoms with Crippen LogP contribution in [0, 0.1) is 5.82 Å². The third-order valence-corrected chi connectivity index (χ3v) is 7.35. The van der Waals surface area contributed by atoms with Gasteiger partial charge in [0.1, 0.15) is 11.9 Å². The Labute approximate surface area is 181 Å². The van der Waals surface area contributed by atoms with Crippen LogP contribution in [-0.2, 0) is 34.2 Å². The zero-order chi connectivity index (χ0) is 21.8. The predicted octanol–water partition coefficient (Wildman–Crippen LogP) is 3.30. The average Bonchev–Trinajstić information content (AvgIpc) is 2.79. The van der Waals surface area contributed by atoms with Crippen LogP contribution >= 0.6 is 0 Å². The lowest BCUT2D eigenvalue weighted by Crippen LogP contribution is -2.52. The molecular formula is C24H23FN2O3S. The molecule has 7 heteroatoms. The summed E-state index contributed by atoms with van der Waals surface area (Å²) >= 11 is 0. The fourth-order valence-corrected chi connectivity index (χ4v) is 5.37. The van der Waals surface area contributed by atoms with E-state index in [1.54, 1.807) is 0 Å². The monoisotopic (exact) mass is 438 g/mol. The maximum Gasteiger partial charge on any atom is 0.244 e. The van der Waals surface area contributed by atoms with Crippen molar-refractivity contribution >= 4 is 15.9 Å². The molecule has 0 radical (unpaired) electrons. The maximum absolute atomic E-state index is 13.3. The molecule has 0 saturated carbocycles. The number of fused-ring (bicyclic) bond motifs is 1. The number of halogens is 1. The molecule has 0 fully saturated rings. The van der Waals surface area contributed by atoms with Gasteiger partial charge >= 0.3 is 0 Å². The van der Waals surface area contributed by atoms with E-state index in [1.165, 1.54) is 16.4 Å². The molecule has 5 nitrogen and oxygen atoms in total. The maximum atomic E-state index is 13.3. The molecule has 31 heavy (non-hydrogen) atoms. The average molecular weight is 439 g/mol. The summed E-state index contributed by atoms with van der Waals surface area (Å²) in [4.78, 5) is 13.0. The number of carbonyl (C=O) groups excluding carboxylic acids is 1. The molecule has 160 valence electrons. The Balaban J connectivity index is 1.58. The highest BCUT2D eigenvalue weighted by molar-refractivity contribution is 7.89.